The van der Waals surface area contributed by atoms with Gasteiger partial charge in [-0.15, -0.1) is 0 Å². The summed E-state index contributed by atoms with van der Waals surface area (Å²) in [6.45, 7) is 0.0950. The lowest BCUT2D eigenvalue weighted by atomic mass is 9.98. The SMILES string of the molecule is CN(C(=O)C#CCNC(=O)OCC1c2ccccc2-c2ccccc21)c1ccccc1C(=O)O. The molecule has 0 saturated carbocycles. The maximum absolute atomic E-state index is 12.3. The number of benzene rings is 3. The summed E-state index contributed by atoms with van der Waals surface area (Å²) in [6.07, 6.45) is -0.631. The van der Waals surface area contributed by atoms with E-state index in [1.165, 1.54) is 19.2 Å². The summed E-state index contributed by atoms with van der Waals surface area (Å²) in [5, 5.41) is 11.8. The lowest BCUT2D eigenvalue weighted by Gasteiger charge is -2.16. The molecule has 2 amide bonds. The minimum Gasteiger partial charge on any atom is -0.478 e. The lowest BCUT2D eigenvalue weighted by molar-refractivity contribution is -0.113. The smallest absolute Gasteiger partial charge is 0.407 e. The molecular formula is C27H22N2O5. The number of alkyl carbamates (subject to hydrolysis) is 1. The van der Waals surface area contributed by atoms with Crippen LogP contribution < -0.4 is 10.2 Å². The largest absolute Gasteiger partial charge is 0.478 e. The van der Waals surface area contributed by atoms with E-state index < -0.39 is 18.0 Å². The zero-order valence-electron chi connectivity index (χ0n) is 18.4. The van der Waals surface area contributed by atoms with Gasteiger partial charge >= 0.3 is 18.0 Å². The van der Waals surface area contributed by atoms with Crippen LogP contribution in [0.1, 0.15) is 27.4 Å². The Morgan fingerprint density at radius 1 is 0.941 bits per heavy atom. The Kier molecular flexibility index (Phi) is 6.60. The molecule has 3 aromatic rings. The zero-order chi connectivity index (χ0) is 24.1. The molecule has 0 saturated heterocycles. The van der Waals surface area contributed by atoms with Crippen molar-refractivity contribution in [2.45, 2.75) is 5.92 Å². The maximum atomic E-state index is 12.3. The quantitative estimate of drug-likeness (QED) is 0.571. The fraction of sp³-hybridized carbons (Fsp3) is 0.148. The average Bonchev–Trinajstić information content (AvgIpc) is 3.18. The van der Waals surface area contributed by atoms with Crippen molar-refractivity contribution in [3.8, 4) is 23.0 Å². The summed E-state index contributed by atoms with van der Waals surface area (Å²) in [7, 11) is 1.44. The van der Waals surface area contributed by atoms with Crippen LogP contribution in [-0.4, -0.2) is 43.3 Å². The number of carbonyl (C=O) groups excluding carboxylic acids is 2. The van der Waals surface area contributed by atoms with Crippen molar-refractivity contribution in [2.24, 2.45) is 0 Å². The Morgan fingerprint density at radius 3 is 2.18 bits per heavy atom. The molecule has 0 spiro atoms. The average molecular weight is 454 g/mol. The van der Waals surface area contributed by atoms with Crippen LogP contribution in [0.15, 0.2) is 72.8 Å². The molecule has 7 heteroatoms. The van der Waals surface area contributed by atoms with E-state index in [9.17, 15) is 19.5 Å². The lowest BCUT2D eigenvalue weighted by Crippen LogP contribution is -2.28. The van der Waals surface area contributed by atoms with Gasteiger partial charge in [-0.2, -0.15) is 0 Å². The van der Waals surface area contributed by atoms with Crippen molar-refractivity contribution in [2.75, 3.05) is 25.1 Å². The van der Waals surface area contributed by atoms with E-state index in [0.29, 0.717) is 0 Å². The molecule has 3 aromatic carbocycles. The molecule has 0 bridgehead atoms. The van der Waals surface area contributed by atoms with Crippen molar-refractivity contribution in [1.82, 2.24) is 5.32 Å². The van der Waals surface area contributed by atoms with Crippen LogP contribution in [0, 0.1) is 11.8 Å². The van der Waals surface area contributed by atoms with Gasteiger partial charge in [0.15, 0.2) is 0 Å². The van der Waals surface area contributed by atoms with Gasteiger partial charge in [0.1, 0.15) is 6.61 Å². The molecule has 4 rings (SSSR count). The Hall–Kier alpha value is -4.57. The third kappa shape index (κ3) is 4.62. The normalized spacial score (nSPS) is 11.4. The summed E-state index contributed by atoms with van der Waals surface area (Å²) in [5.74, 6) is 3.19. The van der Waals surface area contributed by atoms with Crippen molar-refractivity contribution >= 4 is 23.7 Å². The fourth-order valence-corrected chi connectivity index (χ4v) is 4.03. The number of anilines is 1. The molecule has 0 unspecified atom stereocenters. The van der Waals surface area contributed by atoms with E-state index in [1.807, 2.05) is 36.4 Å². The Labute approximate surface area is 197 Å². The predicted octanol–water partition coefficient (Wildman–Crippen LogP) is 3.89. The van der Waals surface area contributed by atoms with E-state index in [0.717, 1.165) is 27.2 Å². The topological polar surface area (TPSA) is 95.9 Å². The van der Waals surface area contributed by atoms with Crippen LogP contribution in [0.25, 0.3) is 11.1 Å². The number of carboxylic acid groups (broad SMARTS) is 1. The van der Waals surface area contributed by atoms with E-state index in [4.69, 9.17) is 4.74 Å². The van der Waals surface area contributed by atoms with Gasteiger partial charge in [0.25, 0.3) is 0 Å². The molecule has 7 nitrogen and oxygen atoms in total. The number of hydrogen-bond acceptors (Lipinski definition) is 4. The molecule has 1 aliphatic rings. The predicted molar refractivity (Wildman–Crippen MR) is 128 cm³/mol. The number of fused-ring (bicyclic) bond motifs is 3. The van der Waals surface area contributed by atoms with E-state index in [2.05, 4.69) is 29.3 Å². The third-order valence-corrected chi connectivity index (χ3v) is 5.66. The fourth-order valence-electron chi connectivity index (χ4n) is 4.03. The second-order valence-corrected chi connectivity index (χ2v) is 7.67. The van der Waals surface area contributed by atoms with E-state index in [1.54, 1.807) is 12.1 Å². The molecule has 0 radical (unpaired) electrons. The summed E-state index contributed by atoms with van der Waals surface area (Å²) in [4.78, 5) is 37.0. The van der Waals surface area contributed by atoms with Crippen molar-refractivity contribution in [3.05, 3.63) is 89.5 Å². The van der Waals surface area contributed by atoms with Gasteiger partial charge in [-0.05, 0) is 40.3 Å². The highest BCUT2D eigenvalue weighted by molar-refractivity contribution is 6.08. The number of carbonyl (C=O) groups is 3. The van der Waals surface area contributed by atoms with Crippen LogP contribution in [0.4, 0.5) is 10.5 Å². The summed E-state index contributed by atoms with van der Waals surface area (Å²) in [5.41, 5.74) is 4.75. The van der Waals surface area contributed by atoms with Gasteiger partial charge in [-0.25, -0.2) is 9.59 Å². The summed E-state index contributed by atoms with van der Waals surface area (Å²) < 4.78 is 5.43. The molecule has 0 aliphatic heterocycles. The molecule has 0 atom stereocenters. The first kappa shape index (κ1) is 22.6. The Bertz CT molecular complexity index is 1280. The zero-order valence-corrected chi connectivity index (χ0v) is 18.4. The van der Waals surface area contributed by atoms with Crippen molar-refractivity contribution in [1.29, 1.82) is 0 Å². The molecule has 170 valence electrons. The number of nitrogens with zero attached hydrogens (tertiary/aromatic N) is 1. The van der Waals surface area contributed by atoms with Gasteiger partial charge in [-0.1, -0.05) is 66.6 Å². The second-order valence-electron chi connectivity index (χ2n) is 7.67. The number of ether oxygens (including phenoxy) is 1. The third-order valence-electron chi connectivity index (χ3n) is 5.66. The highest BCUT2D eigenvalue weighted by Gasteiger charge is 2.28. The minimum atomic E-state index is -1.14. The number of para-hydroxylation sites is 1. The second kappa shape index (κ2) is 9.92. The molecule has 0 aromatic heterocycles. The molecule has 34 heavy (non-hydrogen) atoms. The van der Waals surface area contributed by atoms with Crippen molar-refractivity contribution in [3.63, 3.8) is 0 Å². The number of carboxylic acids is 1. The first-order valence-electron chi connectivity index (χ1n) is 10.6. The van der Waals surface area contributed by atoms with Crippen molar-refractivity contribution < 1.29 is 24.2 Å². The van der Waals surface area contributed by atoms with E-state index >= 15 is 0 Å². The molecular weight excluding hydrogens is 432 g/mol. The van der Waals surface area contributed by atoms with Gasteiger partial charge in [0.2, 0.25) is 0 Å². The van der Waals surface area contributed by atoms with Crippen LogP contribution in [0.3, 0.4) is 0 Å². The highest BCUT2D eigenvalue weighted by Crippen LogP contribution is 2.44. The maximum Gasteiger partial charge on any atom is 0.407 e. The van der Waals surface area contributed by atoms with Gasteiger partial charge in [0, 0.05) is 13.0 Å². The van der Waals surface area contributed by atoms with E-state index in [-0.39, 0.29) is 30.3 Å². The van der Waals surface area contributed by atoms with Gasteiger partial charge < -0.3 is 20.1 Å². The monoisotopic (exact) mass is 454 g/mol. The number of rotatable bonds is 5. The van der Waals surface area contributed by atoms with Crippen LogP contribution >= 0.6 is 0 Å². The minimum absolute atomic E-state index is 0.00286. The Morgan fingerprint density at radius 2 is 1.53 bits per heavy atom. The number of nitrogens with one attached hydrogen (secondary N) is 1. The molecule has 0 fully saturated rings. The van der Waals surface area contributed by atoms with Crippen LogP contribution in [-0.2, 0) is 9.53 Å². The van der Waals surface area contributed by atoms with Gasteiger partial charge in [-0.3, -0.25) is 4.79 Å². The first-order valence-corrected chi connectivity index (χ1v) is 10.6. The van der Waals surface area contributed by atoms with Crippen LogP contribution in [0.5, 0.6) is 0 Å². The van der Waals surface area contributed by atoms with Crippen LogP contribution in [0.2, 0.25) is 0 Å². The number of amides is 2. The summed E-state index contributed by atoms with van der Waals surface area (Å²) in [6, 6.07) is 22.3. The summed E-state index contributed by atoms with van der Waals surface area (Å²) >= 11 is 0. The standard InChI is InChI=1S/C27H22N2O5/c1-29(24-14-7-6-13-22(24)26(31)32)25(30)15-8-16-28-27(33)34-17-23-20-11-4-2-9-18(20)19-10-3-5-12-21(19)23/h2-7,9-14,23H,16-17H2,1H3,(H,28,33)(H,31,32). The number of aromatic carboxylic acids is 1. The Balaban J connectivity index is 1.32. The number of hydrogen-bond donors (Lipinski definition) is 2. The molecule has 0 heterocycles. The van der Waals surface area contributed by atoms with Gasteiger partial charge in [0.05, 0.1) is 17.8 Å². The molecule has 1 aliphatic carbocycles. The molecule has 2 N–H and O–H groups in total. The highest BCUT2D eigenvalue weighted by atomic mass is 16.5. The first-order chi connectivity index (χ1) is 16.5.